The Hall–Kier alpha value is -1.58. The summed E-state index contributed by atoms with van der Waals surface area (Å²) in [5, 5.41) is 10.3. The molecule has 0 bridgehead atoms. The normalized spacial score (nSPS) is 11.3. The van der Waals surface area contributed by atoms with Gasteiger partial charge in [-0.2, -0.15) is 0 Å². The van der Waals surface area contributed by atoms with Gasteiger partial charge in [-0.25, -0.2) is 0 Å². The molecule has 1 N–H and O–H groups in total. The Morgan fingerprint density at radius 3 is 2.53 bits per heavy atom. The summed E-state index contributed by atoms with van der Waals surface area (Å²) < 4.78 is 39.4. The third kappa shape index (κ3) is 3.44. The zero-order valence-corrected chi connectivity index (χ0v) is 9.46. The van der Waals surface area contributed by atoms with E-state index >= 15 is 0 Å². The molecule has 17 heavy (non-hydrogen) atoms. The Labute approximate surface area is 99.7 Å². The quantitative estimate of drug-likeness (QED) is 0.525. The van der Waals surface area contributed by atoms with Gasteiger partial charge in [0.1, 0.15) is 0 Å². The average molecular weight is 317 g/mol. The number of ether oxygens (including phenoxy) is 1. The summed E-state index contributed by atoms with van der Waals surface area (Å²) in [6.45, 7) is 0. The fourth-order valence-corrected chi connectivity index (χ4v) is 1.40. The van der Waals surface area contributed by atoms with Crippen LogP contribution in [0.4, 0.5) is 18.9 Å². The molecule has 0 saturated heterocycles. The highest BCUT2D eigenvalue weighted by Crippen LogP contribution is 2.26. The highest BCUT2D eigenvalue weighted by molar-refractivity contribution is 9.08. The minimum absolute atomic E-state index is 0.143. The number of H-pyrrole nitrogens is 1. The van der Waals surface area contributed by atoms with Gasteiger partial charge in [-0.05, 0) is 0 Å². The van der Waals surface area contributed by atoms with Gasteiger partial charge in [0, 0.05) is 17.0 Å². The largest absolute Gasteiger partial charge is 0.574 e. The molecule has 0 radical (unpaired) electrons. The van der Waals surface area contributed by atoms with Crippen LogP contribution in [-0.2, 0) is 5.33 Å². The van der Waals surface area contributed by atoms with E-state index in [1.807, 2.05) is 0 Å². The van der Waals surface area contributed by atoms with Gasteiger partial charge in [-0.1, -0.05) is 15.9 Å². The van der Waals surface area contributed by atoms with Crippen molar-refractivity contribution in [1.29, 1.82) is 0 Å². The Morgan fingerprint density at radius 1 is 1.53 bits per heavy atom. The van der Waals surface area contributed by atoms with Crippen LogP contribution in [0.3, 0.4) is 0 Å². The highest BCUT2D eigenvalue weighted by Gasteiger charge is 2.33. The third-order valence-corrected chi connectivity index (χ3v) is 2.22. The molecule has 94 valence electrons. The first-order valence-electron chi connectivity index (χ1n) is 3.97. The number of nitro groups is 1. The molecule has 0 aliphatic heterocycles. The molecule has 0 aliphatic carbocycles. The fourth-order valence-electron chi connectivity index (χ4n) is 0.985. The van der Waals surface area contributed by atoms with E-state index in [9.17, 15) is 28.1 Å². The molecule has 1 aromatic rings. The molecule has 0 atom stereocenters. The fraction of sp³-hybridized carbons (Fsp3) is 0.286. The molecule has 0 amide bonds. The Morgan fingerprint density at radius 2 is 2.12 bits per heavy atom. The van der Waals surface area contributed by atoms with E-state index in [1.54, 1.807) is 4.98 Å². The number of pyridine rings is 1. The van der Waals surface area contributed by atoms with E-state index in [0.29, 0.717) is 6.07 Å². The van der Waals surface area contributed by atoms with Crippen molar-refractivity contribution in [2.75, 3.05) is 0 Å². The molecule has 1 heterocycles. The maximum absolute atomic E-state index is 12.0. The predicted molar refractivity (Wildman–Crippen MR) is 53.0 cm³/mol. The van der Waals surface area contributed by atoms with Crippen molar-refractivity contribution < 1.29 is 22.8 Å². The molecular formula is C7H4BrF3N2O4. The van der Waals surface area contributed by atoms with E-state index in [0.717, 1.165) is 0 Å². The maximum Gasteiger partial charge on any atom is 0.574 e. The second-order valence-corrected chi connectivity index (χ2v) is 3.34. The summed E-state index contributed by atoms with van der Waals surface area (Å²) >= 11 is 2.83. The second kappa shape index (κ2) is 4.73. The SMILES string of the molecule is O=c1[nH]c(OC(F)(F)F)c(CBr)cc1[N+](=O)[O-]. The third-order valence-electron chi connectivity index (χ3n) is 1.62. The monoisotopic (exact) mass is 316 g/mol. The number of hydrogen-bond donors (Lipinski definition) is 1. The van der Waals surface area contributed by atoms with Crippen LogP contribution in [0.5, 0.6) is 5.88 Å². The Bertz CT molecular complexity index is 499. The molecule has 0 aromatic carbocycles. The van der Waals surface area contributed by atoms with Crippen molar-refractivity contribution in [1.82, 2.24) is 4.98 Å². The van der Waals surface area contributed by atoms with Gasteiger partial charge in [0.2, 0.25) is 5.88 Å². The van der Waals surface area contributed by atoms with Crippen LogP contribution in [0.25, 0.3) is 0 Å². The predicted octanol–water partition coefficient (Wildman–Crippen LogP) is 2.08. The zero-order chi connectivity index (χ0) is 13.2. The minimum Gasteiger partial charge on any atom is -0.389 e. The van der Waals surface area contributed by atoms with Gasteiger partial charge >= 0.3 is 17.6 Å². The lowest BCUT2D eigenvalue weighted by Gasteiger charge is -2.10. The minimum atomic E-state index is -4.99. The first-order chi connectivity index (χ1) is 7.74. The van der Waals surface area contributed by atoms with Gasteiger partial charge in [0.05, 0.1) is 4.92 Å². The number of halogens is 4. The lowest BCUT2D eigenvalue weighted by Crippen LogP contribution is -2.22. The standard InChI is InChI=1S/C7H4BrF3N2O4/c8-2-3-1-4(13(15)16)5(14)12-6(3)17-7(9,10)11/h1H,2H2,(H,12,14). The summed E-state index contributed by atoms with van der Waals surface area (Å²) in [5.41, 5.74) is -2.30. The Balaban J connectivity index is 3.29. The van der Waals surface area contributed by atoms with E-state index < -0.39 is 28.4 Å². The lowest BCUT2D eigenvalue weighted by atomic mass is 10.3. The molecule has 10 heteroatoms. The molecule has 6 nitrogen and oxygen atoms in total. The molecule has 0 saturated carbocycles. The summed E-state index contributed by atoms with van der Waals surface area (Å²) in [7, 11) is 0. The van der Waals surface area contributed by atoms with Crippen LogP contribution in [0, 0.1) is 10.1 Å². The molecule has 0 unspecified atom stereocenters. The zero-order valence-electron chi connectivity index (χ0n) is 7.88. The average Bonchev–Trinajstić information content (AvgIpc) is 2.14. The Kier molecular flexibility index (Phi) is 3.76. The van der Waals surface area contributed by atoms with Crippen molar-refractivity contribution in [2.45, 2.75) is 11.7 Å². The number of nitrogens with zero attached hydrogens (tertiary/aromatic N) is 1. The molecule has 0 fully saturated rings. The molecule has 0 aliphatic rings. The first kappa shape index (κ1) is 13.5. The van der Waals surface area contributed by atoms with Gasteiger partial charge in [0.25, 0.3) is 0 Å². The van der Waals surface area contributed by atoms with E-state index in [-0.39, 0.29) is 10.9 Å². The van der Waals surface area contributed by atoms with Crippen molar-refractivity contribution in [2.24, 2.45) is 0 Å². The van der Waals surface area contributed by atoms with Crippen LogP contribution in [0.1, 0.15) is 5.56 Å². The summed E-state index contributed by atoms with van der Waals surface area (Å²) in [5.74, 6) is -0.870. The number of aromatic amines is 1. The summed E-state index contributed by atoms with van der Waals surface area (Å²) in [4.78, 5) is 22.1. The maximum atomic E-state index is 12.0. The first-order valence-corrected chi connectivity index (χ1v) is 5.09. The molecule has 0 spiro atoms. The molecular weight excluding hydrogens is 313 g/mol. The summed E-state index contributed by atoms with van der Waals surface area (Å²) in [6.07, 6.45) is -4.99. The molecule has 1 aromatic heterocycles. The van der Waals surface area contributed by atoms with Crippen molar-refractivity contribution >= 4 is 21.6 Å². The van der Waals surface area contributed by atoms with Crippen LogP contribution in [0.2, 0.25) is 0 Å². The number of alkyl halides is 4. The topological polar surface area (TPSA) is 85.2 Å². The van der Waals surface area contributed by atoms with Gasteiger partial charge in [0.15, 0.2) is 0 Å². The van der Waals surface area contributed by atoms with Crippen LogP contribution in [-0.4, -0.2) is 16.3 Å². The van der Waals surface area contributed by atoms with Crippen LogP contribution < -0.4 is 10.3 Å². The van der Waals surface area contributed by atoms with Crippen molar-refractivity contribution in [3.8, 4) is 5.88 Å². The van der Waals surface area contributed by atoms with Crippen molar-refractivity contribution in [3.05, 3.63) is 32.1 Å². The van der Waals surface area contributed by atoms with Gasteiger partial charge in [-0.3, -0.25) is 19.9 Å². The van der Waals surface area contributed by atoms with E-state index in [1.165, 1.54) is 0 Å². The number of aromatic nitrogens is 1. The second-order valence-electron chi connectivity index (χ2n) is 2.78. The van der Waals surface area contributed by atoms with Gasteiger partial charge < -0.3 is 4.74 Å². The van der Waals surface area contributed by atoms with E-state index in [4.69, 9.17) is 0 Å². The number of rotatable bonds is 3. The summed E-state index contributed by atoms with van der Waals surface area (Å²) in [6, 6.07) is 0.717. The van der Waals surface area contributed by atoms with Crippen LogP contribution >= 0.6 is 15.9 Å². The van der Waals surface area contributed by atoms with E-state index in [2.05, 4.69) is 20.7 Å². The number of hydrogen-bond acceptors (Lipinski definition) is 4. The smallest absolute Gasteiger partial charge is 0.389 e. The van der Waals surface area contributed by atoms with Crippen molar-refractivity contribution in [3.63, 3.8) is 0 Å². The van der Waals surface area contributed by atoms with Crippen LogP contribution in [0.15, 0.2) is 10.9 Å². The number of nitrogens with one attached hydrogen (secondary N) is 1. The van der Waals surface area contributed by atoms with Gasteiger partial charge in [-0.15, -0.1) is 13.2 Å². The molecule has 1 rings (SSSR count). The highest BCUT2D eigenvalue weighted by atomic mass is 79.9. The lowest BCUT2D eigenvalue weighted by molar-refractivity contribution is -0.386.